The summed E-state index contributed by atoms with van der Waals surface area (Å²) in [5.41, 5.74) is 0. The van der Waals surface area contributed by atoms with Gasteiger partial charge in [-0.05, 0) is 65.5 Å². The van der Waals surface area contributed by atoms with Crippen LogP contribution in [0.3, 0.4) is 0 Å². The van der Waals surface area contributed by atoms with Gasteiger partial charge in [0.05, 0.1) is 23.7 Å². The Bertz CT molecular complexity index is 360. The van der Waals surface area contributed by atoms with E-state index in [1.54, 1.807) is 0 Å². The van der Waals surface area contributed by atoms with Crippen LogP contribution in [0, 0.1) is 0 Å². The van der Waals surface area contributed by atoms with E-state index in [0.29, 0.717) is 0 Å². The molecule has 0 bridgehead atoms. The zero-order valence-electron chi connectivity index (χ0n) is 15.7. The normalized spacial score (nSPS) is 15.1. The van der Waals surface area contributed by atoms with E-state index in [-0.39, 0.29) is 0 Å². The summed E-state index contributed by atoms with van der Waals surface area (Å²) in [6, 6.07) is 0. The van der Waals surface area contributed by atoms with Crippen LogP contribution in [0.2, 0.25) is 65.5 Å². The molecule has 0 unspecified atom stereocenters. The van der Waals surface area contributed by atoms with Crippen LogP contribution >= 0.6 is 23.7 Å². The third-order valence-corrected chi connectivity index (χ3v) is 21.0. The van der Waals surface area contributed by atoms with Crippen molar-refractivity contribution < 1.29 is 24.4 Å². The quantitative estimate of drug-likeness (QED) is 0.435. The lowest BCUT2D eigenvalue weighted by Crippen LogP contribution is -2.58. The first-order chi connectivity index (χ1) is 9.95. The fourth-order valence-electron chi connectivity index (χ4n) is 2.46. The molecule has 0 fully saturated rings. The Morgan fingerprint density at radius 1 is 0.391 bits per heavy atom. The molecule has 0 aliphatic heterocycles. The summed E-state index contributed by atoms with van der Waals surface area (Å²) in [5.74, 6) is 0. The first-order valence-electron chi connectivity index (χ1n) is 7.35. The molecule has 0 amide bonds. The van der Waals surface area contributed by atoms with Crippen molar-refractivity contribution in [1.29, 1.82) is 0 Å². The average Bonchev–Trinajstić information content (AvgIpc) is 2.22. The van der Waals surface area contributed by atoms with E-state index < -0.39 is 42.8 Å². The maximum Gasteiger partial charge on any atom is 0.344 e. The van der Waals surface area contributed by atoms with E-state index in [2.05, 4.69) is 0 Å². The zero-order valence-corrected chi connectivity index (χ0v) is 22.2. The van der Waals surface area contributed by atoms with E-state index >= 15 is 0 Å². The van der Waals surface area contributed by atoms with Crippen molar-refractivity contribution in [3.05, 3.63) is 0 Å². The van der Waals surface area contributed by atoms with Crippen molar-refractivity contribution >= 4 is 66.5 Å². The smallest absolute Gasteiger partial charge is 0.344 e. The summed E-state index contributed by atoms with van der Waals surface area (Å²) < 4.78 is 34.5. The fourth-order valence-corrected chi connectivity index (χ4v) is 23.8. The minimum atomic E-state index is -2.48. The lowest BCUT2D eigenvalue weighted by Gasteiger charge is -2.40. The van der Waals surface area contributed by atoms with Gasteiger partial charge in [-0.2, -0.15) is 0 Å². The lowest BCUT2D eigenvalue weighted by molar-refractivity contribution is 0.276. The van der Waals surface area contributed by atoms with E-state index in [1.165, 1.54) is 0 Å². The van der Waals surface area contributed by atoms with Crippen LogP contribution in [0.4, 0.5) is 0 Å². The highest BCUT2D eigenvalue weighted by Crippen LogP contribution is 2.26. The van der Waals surface area contributed by atoms with Crippen molar-refractivity contribution in [2.24, 2.45) is 0 Å². The fraction of sp³-hybridized carbons (Fsp3) is 1.00. The van der Waals surface area contributed by atoms with Crippen molar-refractivity contribution in [2.45, 2.75) is 65.5 Å². The summed E-state index contributed by atoms with van der Waals surface area (Å²) in [4.78, 5) is 0. The van der Waals surface area contributed by atoms with Gasteiger partial charge in [-0.25, -0.2) is 0 Å². The van der Waals surface area contributed by atoms with Crippen LogP contribution in [0.5, 0.6) is 0 Å². The van der Waals surface area contributed by atoms with Gasteiger partial charge in [0.1, 0.15) is 0 Å². The summed E-state index contributed by atoms with van der Waals surface area (Å²) in [6.45, 7) is 19.3. The second-order valence-corrected chi connectivity index (χ2v) is 26.1. The van der Waals surface area contributed by atoms with Gasteiger partial charge >= 0.3 is 42.8 Å². The van der Waals surface area contributed by atoms with Gasteiger partial charge in [0.2, 0.25) is 0 Å². The van der Waals surface area contributed by atoms with Crippen molar-refractivity contribution in [3.63, 3.8) is 0 Å². The summed E-state index contributed by atoms with van der Waals surface area (Å²) in [5, 5.41) is 0. The zero-order chi connectivity index (χ0) is 18.7. The number of hydrogen-bond donors (Lipinski definition) is 0. The van der Waals surface area contributed by atoms with Crippen LogP contribution < -0.4 is 0 Å². The van der Waals surface area contributed by atoms with Crippen molar-refractivity contribution in [2.75, 3.05) is 0 Å². The van der Waals surface area contributed by atoms with Crippen LogP contribution in [0.25, 0.3) is 0 Å². The van der Waals surface area contributed by atoms with Gasteiger partial charge in [0, 0.05) is 0 Å². The Balaban J connectivity index is 4.93. The number of rotatable bonds is 10. The van der Waals surface area contributed by atoms with Crippen LogP contribution in [0.15, 0.2) is 0 Å². The Morgan fingerprint density at radius 3 is 0.739 bits per heavy atom. The van der Waals surface area contributed by atoms with Crippen molar-refractivity contribution in [1.82, 2.24) is 0 Å². The Hall–Kier alpha value is 1.42. The molecule has 0 rings (SSSR count). The number of halogens is 2. The predicted octanol–water partition coefficient (Wildman–Crippen LogP) is 4.90. The molecule has 0 N–H and O–H groups in total. The summed E-state index contributed by atoms with van der Waals surface area (Å²) >= 11 is 11.0. The minimum Gasteiger partial charge on any atom is -0.416 e. The van der Waals surface area contributed by atoms with E-state index in [9.17, 15) is 0 Å². The molecular weight excluding hydrogens is 427 g/mol. The van der Waals surface area contributed by atoms with Crippen LogP contribution in [-0.2, 0) is 24.4 Å². The molecule has 0 aromatic heterocycles. The molecule has 0 aliphatic carbocycles. The third kappa shape index (κ3) is 10.9. The van der Waals surface area contributed by atoms with Gasteiger partial charge in [0.25, 0.3) is 0 Å². The first kappa shape index (κ1) is 24.4. The molecule has 0 aromatic carbocycles. The average molecular weight is 458 g/mol. The minimum absolute atomic E-state index is 1.88. The summed E-state index contributed by atoms with van der Waals surface area (Å²) in [6.07, 6.45) is 0. The SMILES string of the molecule is C[Si](C)(OCl)O[Si](C)(C)O[Si](C)(C)O[Si](C)(C)O[Si](C)(C)OCl. The molecule has 0 saturated heterocycles. The van der Waals surface area contributed by atoms with Crippen molar-refractivity contribution in [3.8, 4) is 0 Å². The number of hydrogen-bond acceptors (Lipinski definition) is 6. The molecule has 0 heterocycles. The van der Waals surface area contributed by atoms with Gasteiger partial charge in [-0.3, -0.25) is 7.96 Å². The molecule has 6 nitrogen and oxygen atoms in total. The molecular formula is C10H30Cl2O6Si5. The maximum atomic E-state index is 6.27. The topological polar surface area (TPSA) is 55.4 Å². The highest BCUT2D eigenvalue weighted by Gasteiger charge is 2.46. The van der Waals surface area contributed by atoms with E-state index in [1.807, 2.05) is 65.5 Å². The molecule has 0 saturated carbocycles. The van der Waals surface area contributed by atoms with Crippen LogP contribution in [0.1, 0.15) is 0 Å². The third-order valence-electron chi connectivity index (χ3n) is 2.34. The first-order valence-corrected chi connectivity index (χ1v) is 22.0. The van der Waals surface area contributed by atoms with E-state index in [4.69, 9.17) is 48.1 Å². The molecule has 0 spiro atoms. The van der Waals surface area contributed by atoms with Gasteiger partial charge in [0.15, 0.2) is 0 Å². The molecule has 13 heteroatoms. The van der Waals surface area contributed by atoms with E-state index in [0.717, 1.165) is 0 Å². The highest BCUT2D eigenvalue weighted by atomic mass is 35.5. The Morgan fingerprint density at radius 2 is 0.565 bits per heavy atom. The molecule has 0 radical (unpaired) electrons. The Labute approximate surface area is 156 Å². The largest absolute Gasteiger partial charge is 0.416 e. The molecule has 0 atom stereocenters. The summed E-state index contributed by atoms with van der Waals surface area (Å²) in [7, 11) is -12.2. The molecule has 23 heavy (non-hydrogen) atoms. The van der Waals surface area contributed by atoms with Gasteiger partial charge in [-0.15, -0.1) is 0 Å². The van der Waals surface area contributed by atoms with Crippen LogP contribution in [-0.4, -0.2) is 42.8 Å². The van der Waals surface area contributed by atoms with Gasteiger partial charge < -0.3 is 16.5 Å². The standard InChI is InChI=1S/C10H30Cl2O6Si5/c1-19(2,13-11)15-21(5,6)17-23(9,10)18-22(7,8)16-20(3,4)14-12/h1-10H3. The molecule has 0 aromatic rings. The maximum absolute atomic E-state index is 6.27. The highest BCUT2D eigenvalue weighted by molar-refractivity contribution is 6.89. The lowest BCUT2D eigenvalue weighted by atomic mass is 11.9. The molecule has 0 aliphatic rings. The second kappa shape index (κ2) is 8.41. The molecule has 140 valence electrons. The van der Waals surface area contributed by atoms with Gasteiger partial charge in [-0.1, -0.05) is 0 Å². The Kier molecular flexibility index (Phi) is 8.93. The monoisotopic (exact) mass is 456 g/mol. The second-order valence-electron chi connectivity index (χ2n) is 7.56. The predicted molar refractivity (Wildman–Crippen MR) is 106 cm³/mol.